The summed E-state index contributed by atoms with van der Waals surface area (Å²) in [6.07, 6.45) is 0. The molecule has 21 heavy (non-hydrogen) atoms. The lowest BCUT2D eigenvalue weighted by Gasteiger charge is -2.24. The Kier molecular flexibility index (Phi) is 5.92. The maximum absolute atomic E-state index is 12.2. The van der Waals surface area contributed by atoms with Crippen LogP contribution in [0.1, 0.15) is 33.3 Å². The third-order valence-electron chi connectivity index (χ3n) is 3.20. The van der Waals surface area contributed by atoms with Gasteiger partial charge in [0.25, 0.3) is 0 Å². The van der Waals surface area contributed by atoms with Gasteiger partial charge in [0.15, 0.2) is 4.75 Å². The minimum absolute atomic E-state index is 0.183. The molecule has 0 aromatic heterocycles. The highest BCUT2D eigenvalue weighted by molar-refractivity contribution is 7.91. The number of nitrogens with one attached hydrogen (secondary N) is 2. The van der Waals surface area contributed by atoms with Crippen molar-refractivity contribution in [2.75, 3.05) is 6.54 Å². The number of rotatable bonds is 7. The molecule has 1 aromatic carbocycles. The molecule has 0 aliphatic carbocycles. The average Bonchev–Trinajstić information content (AvgIpc) is 2.43. The molecule has 0 saturated heterocycles. The molecule has 0 unspecified atom stereocenters. The summed E-state index contributed by atoms with van der Waals surface area (Å²) in [5.41, 5.74) is 0.925. The van der Waals surface area contributed by atoms with Crippen molar-refractivity contribution < 1.29 is 13.2 Å². The maximum Gasteiger partial charge on any atom is 0.242 e. The summed E-state index contributed by atoms with van der Waals surface area (Å²) in [6.45, 7) is 7.27. The van der Waals surface area contributed by atoms with Gasteiger partial charge in [-0.25, -0.2) is 13.1 Å². The van der Waals surface area contributed by atoms with Gasteiger partial charge in [-0.05, 0) is 25.3 Å². The zero-order chi connectivity index (χ0) is 16.1. The Morgan fingerprint density at radius 1 is 1.19 bits per heavy atom. The molecule has 5 nitrogen and oxygen atoms in total. The Morgan fingerprint density at radius 3 is 2.29 bits per heavy atom. The Balaban J connectivity index is 2.70. The van der Waals surface area contributed by atoms with Crippen LogP contribution < -0.4 is 10.0 Å². The second-order valence-corrected chi connectivity index (χ2v) is 8.24. The van der Waals surface area contributed by atoms with Gasteiger partial charge in [-0.1, -0.05) is 44.2 Å². The SMILES string of the molecule is CC(C)CNS(=O)(=O)C(C)(C)C(=O)NCc1ccccc1. The van der Waals surface area contributed by atoms with Crippen LogP contribution in [-0.4, -0.2) is 25.6 Å². The Bertz CT molecular complexity index is 566. The number of hydrogen-bond donors (Lipinski definition) is 2. The molecule has 6 heteroatoms. The van der Waals surface area contributed by atoms with E-state index in [2.05, 4.69) is 10.0 Å². The topological polar surface area (TPSA) is 75.3 Å². The minimum Gasteiger partial charge on any atom is -0.351 e. The fourth-order valence-electron chi connectivity index (χ4n) is 1.57. The summed E-state index contributed by atoms with van der Waals surface area (Å²) in [7, 11) is -3.72. The predicted molar refractivity (Wildman–Crippen MR) is 84.1 cm³/mol. The van der Waals surface area contributed by atoms with Crippen molar-refractivity contribution in [3.8, 4) is 0 Å². The van der Waals surface area contributed by atoms with E-state index in [9.17, 15) is 13.2 Å². The van der Waals surface area contributed by atoms with Gasteiger partial charge in [0.05, 0.1) is 0 Å². The molecule has 1 aromatic rings. The number of carbonyl (C=O) groups is 1. The molecule has 0 heterocycles. The van der Waals surface area contributed by atoms with Crippen molar-refractivity contribution in [2.45, 2.75) is 39.0 Å². The lowest BCUT2D eigenvalue weighted by molar-refractivity contribution is -0.123. The van der Waals surface area contributed by atoms with E-state index in [4.69, 9.17) is 0 Å². The highest BCUT2D eigenvalue weighted by atomic mass is 32.2. The molecular formula is C15H24N2O3S. The monoisotopic (exact) mass is 312 g/mol. The first-order valence-corrected chi connectivity index (χ1v) is 8.46. The van der Waals surface area contributed by atoms with Gasteiger partial charge < -0.3 is 5.32 Å². The van der Waals surface area contributed by atoms with Crippen molar-refractivity contribution >= 4 is 15.9 Å². The van der Waals surface area contributed by atoms with Crippen LogP contribution in [0.15, 0.2) is 30.3 Å². The highest BCUT2D eigenvalue weighted by Crippen LogP contribution is 2.16. The van der Waals surface area contributed by atoms with Crippen LogP contribution in [0.25, 0.3) is 0 Å². The molecule has 1 rings (SSSR count). The fraction of sp³-hybridized carbons (Fsp3) is 0.533. The largest absolute Gasteiger partial charge is 0.351 e. The molecule has 0 fully saturated rings. The van der Waals surface area contributed by atoms with E-state index in [-0.39, 0.29) is 5.92 Å². The van der Waals surface area contributed by atoms with Gasteiger partial charge in [-0.15, -0.1) is 0 Å². The van der Waals surface area contributed by atoms with Gasteiger partial charge in [-0.3, -0.25) is 4.79 Å². The molecule has 0 aliphatic rings. The molecule has 0 spiro atoms. The standard InChI is InChI=1S/C15H24N2O3S/c1-12(2)10-17-21(19,20)15(3,4)14(18)16-11-13-8-6-5-7-9-13/h5-9,12,17H,10-11H2,1-4H3,(H,16,18). The molecule has 118 valence electrons. The Labute approximate surface area is 127 Å². The van der Waals surface area contributed by atoms with Crippen LogP contribution >= 0.6 is 0 Å². The number of hydrogen-bond acceptors (Lipinski definition) is 3. The zero-order valence-electron chi connectivity index (χ0n) is 13.0. The van der Waals surface area contributed by atoms with Gasteiger partial charge in [-0.2, -0.15) is 0 Å². The molecule has 0 radical (unpaired) electrons. The number of sulfonamides is 1. The van der Waals surface area contributed by atoms with Crippen molar-refractivity contribution in [1.82, 2.24) is 10.0 Å². The smallest absolute Gasteiger partial charge is 0.242 e. The van der Waals surface area contributed by atoms with E-state index in [1.54, 1.807) is 0 Å². The number of benzene rings is 1. The van der Waals surface area contributed by atoms with Crippen molar-refractivity contribution in [1.29, 1.82) is 0 Å². The first kappa shape index (κ1) is 17.7. The normalized spacial score (nSPS) is 12.4. The average molecular weight is 312 g/mol. The van der Waals surface area contributed by atoms with Gasteiger partial charge in [0.2, 0.25) is 15.9 Å². The highest BCUT2D eigenvalue weighted by Gasteiger charge is 2.41. The van der Waals surface area contributed by atoms with Crippen molar-refractivity contribution in [2.24, 2.45) is 5.92 Å². The summed E-state index contributed by atoms with van der Waals surface area (Å²) in [5.74, 6) is -0.328. The third kappa shape index (κ3) is 4.82. The number of amides is 1. The van der Waals surface area contributed by atoms with Crippen LogP contribution in [-0.2, 0) is 21.4 Å². The quantitative estimate of drug-likeness (QED) is 0.804. The van der Waals surface area contributed by atoms with E-state index in [0.29, 0.717) is 13.1 Å². The Hall–Kier alpha value is -1.40. The summed E-state index contributed by atoms with van der Waals surface area (Å²) in [6, 6.07) is 9.37. The second-order valence-electron chi connectivity index (χ2n) is 5.92. The fourth-order valence-corrected chi connectivity index (χ4v) is 2.80. The van der Waals surface area contributed by atoms with E-state index in [0.717, 1.165) is 5.56 Å². The predicted octanol–water partition coefficient (Wildman–Crippen LogP) is 1.66. The van der Waals surface area contributed by atoms with E-state index in [1.165, 1.54) is 13.8 Å². The van der Waals surface area contributed by atoms with E-state index >= 15 is 0 Å². The molecular weight excluding hydrogens is 288 g/mol. The molecule has 1 amide bonds. The first-order valence-electron chi connectivity index (χ1n) is 6.98. The minimum atomic E-state index is -3.72. The van der Waals surface area contributed by atoms with Gasteiger partial charge >= 0.3 is 0 Å². The van der Waals surface area contributed by atoms with Gasteiger partial charge in [0, 0.05) is 13.1 Å². The zero-order valence-corrected chi connectivity index (χ0v) is 13.8. The molecule has 0 aliphatic heterocycles. The molecule has 0 bridgehead atoms. The summed E-state index contributed by atoms with van der Waals surface area (Å²) in [5, 5.41) is 2.67. The summed E-state index contributed by atoms with van der Waals surface area (Å²) >= 11 is 0. The summed E-state index contributed by atoms with van der Waals surface area (Å²) < 4.78 is 25.4. The molecule has 0 atom stereocenters. The lowest BCUT2D eigenvalue weighted by atomic mass is 10.1. The van der Waals surface area contributed by atoms with Crippen molar-refractivity contribution in [3.05, 3.63) is 35.9 Å². The van der Waals surface area contributed by atoms with Crippen LogP contribution in [0.2, 0.25) is 0 Å². The van der Waals surface area contributed by atoms with Crippen LogP contribution in [0.5, 0.6) is 0 Å². The number of carbonyl (C=O) groups excluding carboxylic acids is 1. The van der Waals surface area contributed by atoms with Crippen LogP contribution in [0, 0.1) is 5.92 Å². The molecule has 0 saturated carbocycles. The van der Waals surface area contributed by atoms with Gasteiger partial charge in [0.1, 0.15) is 0 Å². The second kappa shape index (κ2) is 7.04. The van der Waals surface area contributed by atoms with Crippen LogP contribution in [0.4, 0.5) is 0 Å². The lowest BCUT2D eigenvalue weighted by Crippen LogP contribution is -2.52. The molecule has 2 N–H and O–H groups in total. The van der Waals surface area contributed by atoms with E-state index in [1.807, 2.05) is 44.2 Å². The third-order valence-corrected chi connectivity index (χ3v) is 5.27. The van der Waals surface area contributed by atoms with E-state index < -0.39 is 20.7 Å². The first-order chi connectivity index (χ1) is 9.67. The maximum atomic E-state index is 12.2. The summed E-state index contributed by atoms with van der Waals surface area (Å²) in [4.78, 5) is 12.2. The van der Waals surface area contributed by atoms with Crippen molar-refractivity contribution in [3.63, 3.8) is 0 Å². The van der Waals surface area contributed by atoms with Crippen LogP contribution in [0.3, 0.4) is 0 Å². The Morgan fingerprint density at radius 2 is 1.76 bits per heavy atom.